The van der Waals surface area contributed by atoms with Crippen LogP contribution >= 0.6 is 0 Å². The molecule has 126 valence electrons. The van der Waals surface area contributed by atoms with Crippen molar-refractivity contribution < 1.29 is 13.9 Å². The summed E-state index contributed by atoms with van der Waals surface area (Å²) in [7, 11) is 1.43. The molecule has 1 aliphatic rings. The number of carbonyl (C=O) groups excluding carboxylic acids is 1. The van der Waals surface area contributed by atoms with Crippen LogP contribution in [0, 0.1) is 5.82 Å². The van der Waals surface area contributed by atoms with E-state index in [-0.39, 0.29) is 17.2 Å². The zero-order valence-corrected chi connectivity index (χ0v) is 13.3. The van der Waals surface area contributed by atoms with Gasteiger partial charge >= 0.3 is 0 Å². The van der Waals surface area contributed by atoms with Crippen LogP contribution in [0.3, 0.4) is 0 Å². The second-order valence-corrected chi connectivity index (χ2v) is 5.54. The number of hydrogen-bond acceptors (Lipinski definition) is 4. The Kier molecular flexibility index (Phi) is 4.50. The zero-order chi connectivity index (χ0) is 17.1. The Labute approximate surface area is 138 Å². The largest absolute Gasteiger partial charge is 0.494 e. The van der Waals surface area contributed by atoms with Gasteiger partial charge in [0.2, 0.25) is 5.56 Å². The Morgan fingerprint density at radius 3 is 2.54 bits per heavy atom. The quantitative estimate of drug-likeness (QED) is 0.925. The number of rotatable bonds is 3. The number of aromatic amines is 1. The highest BCUT2D eigenvalue weighted by Gasteiger charge is 2.23. The monoisotopic (exact) mass is 331 g/mol. The first-order valence-corrected chi connectivity index (χ1v) is 7.65. The number of methoxy groups -OCH3 is 1. The van der Waals surface area contributed by atoms with Gasteiger partial charge in [0.1, 0.15) is 0 Å². The molecule has 1 amide bonds. The molecule has 1 aliphatic heterocycles. The maximum Gasteiger partial charge on any atom is 0.254 e. The third kappa shape index (κ3) is 3.24. The molecular formula is C17H18FN3O3. The lowest BCUT2D eigenvalue weighted by Gasteiger charge is -2.36. The van der Waals surface area contributed by atoms with Crippen molar-refractivity contribution in [2.24, 2.45) is 0 Å². The second-order valence-electron chi connectivity index (χ2n) is 5.54. The van der Waals surface area contributed by atoms with Gasteiger partial charge in [-0.3, -0.25) is 9.59 Å². The van der Waals surface area contributed by atoms with Crippen LogP contribution in [0.15, 0.2) is 41.3 Å². The number of hydrogen-bond donors (Lipinski definition) is 1. The molecule has 6 nitrogen and oxygen atoms in total. The van der Waals surface area contributed by atoms with Crippen LogP contribution in [0.4, 0.5) is 10.1 Å². The topological polar surface area (TPSA) is 65.6 Å². The van der Waals surface area contributed by atoms with E-state index in [4.69, 9.17) is 4.74 Å². The minimum atomic E-state index is -0.406. The number of pyridine rings is 1. The summed E-state index contributed by atoms with van der Waals surface area (Å²) in [6.45, 7) is 2.22. The summed E-state index contributed by atoms with van der Waals surface area (Å²) in [5.74, 6) is -0.361. The average Bonchev–Trinajstić information content (AvgIpc) is 2.61. The summed E-state index contributed by atoms with van der Waals surface area (Å²) in [5.41, 5.74) is 0.840. The number of piperazine rings is 1. The normalized spacial score (nSPS) is 14.6. The molecule has 0 bridgehead atoms. The summed E-state index contributed by atoms with van der Waals surface area (Å²) < 4.78 is 18.7. The Morgan fingerprint density at radius 1 is 1.17 bits per heavy atom. The standard InChI is InChI=1S/C17H18FN3O3/c1-24-15-3-2-13(11-14(15)18)20-6-8-21(9-7-20)17(23)12-4-5-19-16(22)10-12/h2-5,10-11H,6-9H2,1H3,(H,19,22). The molecule has 0 atom stereocenters. The molecule has 1 aromatic carbocycles. The van der Waals surface area contributed by atoms with E-state index in [0.717, 1.165) is 5.69 Å². The first kappa shape index (κ1) is 16.0. The van der Waals surface area contributed by atoms with E-state index >= 15 is 0 Å². The zero-order valence-electron chi connectivity index (χ0n) is 13.3. The number of nitrogens with zero attached hydrogens (tertiary/aromatic N) is 2. The number of H-pyrrole nitrogens is 1. The summed E-state index contributed by atoms with van der Waals surface area (Å²) >= 11 is 0. The number of ether oxygens (including phenoxy) is 1. The van der Waals surface area contributed by atoms with E-state index in [2.05, 4.69) is 4.98 Å². The second kappa shape index (κ2) is 6.74. The van der Waals surface area contributed by atoms with Crippen molar-refractivity contribution in [1.29, 1.82) is 0 Å². The molecule has 0 aliphatic carbocycles. The van der Waals surface area contributed by atoms with Gasteiger partial charge < -0.3 is 19.5 Å². The Hall–Kier alpha value is -2.83. The molecule has 24 heavy (non-hydrogen) atoms. The molecule has 1 N–H and O–H groups in total. The summed E-state index contributed by atoms with van der Waals surface area (Å²) in [4.78, 5) is 29.9. The summed E-state index contributed by atoms with van der Waals surface area (Å²) in [5, 5.41) is 0. The number of aromatic nitrogens is 1. The predicted octanol–water partition coefficient (Wildman–Crippen LogP) is 1.48. The van der Waals surface area contributed by atoms with Crippen LogP contribution < -0.4 is 15.2 Å². The molecule has 7 heteroatoms. The SMILES string of the molecule is COc1ccc(N2CCN(C(=O)c3cc[nH]c(=O)c3)CC2)cc1F. The predicted molar refractivity (Wildman–Crippen MR) is 88.1 cm³/mol. The van der Waals surface area contributed by atoms with Crippen LogP contribution in [0.2, 0.25) is 0 Å². The molecule has 0 unspecified atom stereocenters. The molecule has 0 radical (unpaired) electrons. The molecule has 2 heterocycles. The van der Waals surface area contributed by atoms with Gasteiger partial charge in [0.25, 0.3) is 5.91 Å². The van der Waals surface area contributed by atoms with Gasteiger partial charge in [-0.1, -0.05) is 0 Å². The molecule has 1 aromatic heterocycles. The van der Waals surface area contributed by atoms with Crippen molar-refractivity contribution in [3.8, 4) is 5.75 Å². The lowest BCUT2D eigenvalue weighted by Crippen LogP contribution is -2.49. The van der Waals surface area contributed by atoms with Crippen LogP contribution in [0.25, 0.3) is 0 Å². The first-order valence-electron chi connectivity index (χ1n) is 7.65. The van der Waals surface area contributed by atoms with E-state index < -0.39 is 5.82 Å². The van der Waals surface area contributed by atoms with Crippen molar-refractivity contribution in [2.75, 3.05) is 38.2 Å². The maximum absolute atomic E-state index is 13.8. The van der Waals surface area contributed by atoms with Crippen LogP contribution in [-0.2, 0) is 0 Å². The van der Waals surface area contributed by atoms with Crippen molar-refractivity contribution in [1.82, 2.24) is 9.88 Å². The van der Waals surface area contributed by atoms with Crippen molar-refractivity contribution in [3.05, 3.63) is 58.3 Å². The molecule has 0 saturated carbocycles. The molecule has 1 fully saturated rings. The van der Waals surface area contributed by atoms with Crippen LogP contribution in [-0.4, -0.2) is 49.1 Å². The lowest BCUT2D eigenvalue weighted by atomic mass is 10.2. The van der Waals surface area contributed by atoms with E-state index in [1.54, 1.807) is 23.1 Å². The lowest BCUT2D eigenvalue weighted by molar-refractivity contribution is 0.0746. The van der Waals surface area contributed by atoms with E-state index in [1.807, 2.05) is 4.90 Å². The minimum absolute atomic E-state index is 0.165. The van der Waals surface area contributed by atoms with Crippen LogP contribution in [0.5, 0.6) is 5.75 Å². The van der Waals surface area contributed by atoms with Gasteiger partial charge in [0.05, 0.1) is 7.11 Å². The number of amides is 1. The number of anilines is 1. The molecular weight excluding hydrogens is 313 g/mol. The highest BCUT2D eigenvalue weighted by molar-refractivity contribution is 5.94. The van der Waals surface area contributed by atoms with E-state index in [9.17, 15) is 14.0 Å². The van der Waals surface area contributed by atoms with E-state index in [0.29, 0.717) is 31.7 Å². The van der Waals surface area contributed by atoms with Gasteiger partial charge in [0.15, 0.2) is 11.6 Å². The third-order valence-electron chi connectivity index (χ3n) is 4.09. The molecule has 2 aromatic rings. The van der Waals surface area contributed by atoms with Crippen molar-refractivity contribution >= 4 is 11.6 Å². The number of halogens is 1. The molecule has 1 saturated heterocycles. The first-order chi connectivity index (χ1) is 11.6. The van der Waals surface area contributed by atoms with Crippen molar-refractivity contribution in [2.45, 2.75) is 0 Å². The highest BCUT2D eigenvalue weighted by Crippen LogP contribution is 2.24. The maximum atomic E-state index is 13.8. The fourth-order valence-electron chi connectivity index (χ4n) is 2.78. The Balaban J connectivity index is 1.66. The fourth-order valence-corrected chi connectivity index (χ4v) is 2.78. The van der Waals surface area contributed by atoms with Gasteiger partial charge in [-0.05, 0) is 18.2 Å². The van der Waals surface area contributed by atoms with Crippen LogP contribution in [0.1, 0.15) is 10.4 Å². The number of benzene rings is 1. The summed E-state index contributed by atoms with van der Waals surface area (Å²) in [6, 6.07) is 7.73. The summed E-state index contributed by atoms with van der Waals surface area (Å²) in [6.07, 6.45) is 1.46. The average molecular weight is 331 g/mol. The minimum Gasteiger partial charge on any atom is -0.494 e. The number of nitrogens with one attached hydrogen (secondary N) is 1. The highest BCUT2D eigenvalue weighted by atomic mass is 19.1. The Bertz CT molecular complexity index is 798. The van der Waals surface area contributed by atoms with Gasteiger partial charge in [0, 0.05) is 55.8 Å². The van der Waals surface area contributed by atoms with Crippen molar-refractivity contribution in [3.63, 3.8) is 0 Å². The smallest absolute Gasteiger partial charge is 0.254 e. The Morgan fingerprint density at radius 2 is 1.92 bits per heavy atom. The van der Waals surface area contributed by atoms with Gasteiger partial charge in [-0.25, -0.2) is 4.39 Å². The van der Waals surface area contributed by atoms with E-state index in [1.165, 1.54) is 25.4 Å². The van der Waals surface area contributed by atoms with Gasteiger partial charge in [-0.15, -0.1) is 0 Å². The molecule has 3 rings (SSSR count). The fraction of sp³-hybridized carbons (Fsp3) is 0.294. The number of carbonyl (C=O) groups is 1. The molecule has 0 spiro atoms. The van der Waals surface area contributed by atoms with Gasteiger partial charge in [-0.2, -0.15) is 0 Å². The third-order valence-corrected chi connectivity index (χ3v) is 4.09.